The van der Waals surface area contributed by atoms with Crippen LogP contribution in [0.25, 0.3) is 0 Å². The number of piperidine rings is 1. The number of carbonyl (C=O) groups is 2. The predicted molar refractivity (Wildman–Crippen MR) is 115 cm³/mol. The molecule has 2 amide bonds. The molecule has 3 heterocycles. The van der Waals surface area contributed by atoms with Crippen molar-refractivity contribution in [2.45, 2.75) is 69.6 Å². The van der Waals surface area contributed by atoms with E-state index in [4.69, 9.17) is 0 Å². The first-order valence-corrected chi connectivity index (χ1v) is 11.7. The molecule has 182 valence electrons. The third kappa shape index (κ3) is 6.38. The van der Waals surface area contributed by atoms with E-state index in [2.05, 4.69) is 20.3 Å². The largest absolute Gasteiger partial charge is 0.573 e. The second kappa shape index (κ2) is 10.3. The van der Waals surface area contributed by atoms with Crippen molar-refractivity contribution in [3.05, 3.63) is 29.8 Å². The van der Waals surface area contributed by atoms with Crippen molar-refractivity contribution < 1.29 is 27.5 Å². The van der Waals surface area contributed by atoms with E-state index in [1.54, 1.807) is 12.1 Å². The second-order valence-corrected chi connectivity index (χ2v) is 9.10. The van der Waals surface area contributed by atoms with Gasteiger partial charge in [0, 0.05) is 51.2 Å². The van der Waals surface area contributed by atoms with Gasteiger partial charge in [0.1, 0.15) is 5.75 Å². The van der Waals surface area contributed by atoms with Gasteiger partial charge in [0.2, 0.25) is 11.8 Å². The first-order chi connectivity index (χ1) is 15.8. The lowest BCUT2D eigenvalue weighted by molar-refractivity contribution is -0.274. The van der Waals surface area contributed by atoms with E-state index >= 15 is 0 Å². The highest BCUT2D eigenvalue weighted by atomic mass is 19.4. The van der Waals surface area contributed by atoms with Crippen molar-refractivity contribution >= 4 is 11.8 Å². The summed E-state index contributed by atoms with van der Waals surface area (Å²) in [5.41, 5.74) is 0.836. The summed E-state index contributed by atoms with van der Waals surface area (Å²) in [7, 11) is 0. The number of fused-ring (bicyclic) bond motifs is 1. The van der Waals surface area contributed by atoms with Crippen LogP contribution in [0, 0.1) is 0 Å². The molecule has 7 nitrogen and oxygen atoms in total. The molecular weight excluding hydrogens is 437 g/mol. The van der Waals surface area contributed by atoms with Crippen molar-refractivity contribution in [2.24, 2.45) is 0 Å². The Labute approximate surface area is 191 Å². The number of rotatable bonds is 7. The van der Waals surface area contributed by atoms with Gasteiger partial charge >= 0.3 is 6.36 Å². The lowest BCUT2D eigenvalue weighted by Gasteiger charge is -2.37. The van der Waals surface area contributed by atoms with Crippen LogP contribution in [0.15, 0.2) is 24.3 Å². The smallest absolute Gasteiger partial charge is 0.406 e. The Kier molecular flexibility index (Phi) is 7.43. The number of ether oxygens (including phenoxy) is 1. The number of amides is 2. The molecule has 0 saturated carbocycles. The van der Waals surface area contributed by atoms with Crippen LogP contribution in [-0.4, -0.2) is 72.3 Å². The summed E-state index contributed by atoms with van der Waals surface area (Å²) >= 11 is 0. The van der Waals surface area contributed by atoms with E-state index in [1.807, 2.05) is 4.90 Å². The number of hydrogen-bond acceptors (Lipinski definition) is 5. The molecule has 3 aliphatic rings. The van der Waals surface area contributed by atoms with Crippen LogP contribution in [0.4, 0.5) is 13.2 Å². The van der Waals surface area contributed by atoms with Crippen molar-refractivity contribution in [2.75, 3.05) is 26.2 Å². The molecule has 3 fully saturated rings. The minimum absolute atomic E-state index is 0.0200. The third-order valence-electron chi connectivity index (χ3n) is 6.77. The standard InChI is InChI=1S/C23H31F3N4O3/c24-23(25,26)33-19-7-4-16(5-8-19)13-27-17-12-20-22(32)28-14-18(30(20)15-17)6-9-21(31)29-10-2-1-3-11-29/h4-5,7-8,17-18,20,27H,1-3,6,9-15H2,(H,28,32)/t17-,18-,20-/m1/s1. The van der Waals surface area contributed by atoms with Crippen LogP contribution in [-0.2, 0) is 16.1 Å². The zero-order valence-electron chi connectivity index (χ0n) is 18.6. The number of benzene rings is 1. The molecule has 0 aromatic heterocycles. The normalized spacial score (nSPS) is 26.1. The van der Waals surface area contributed by atoms with Crippen LogP contribution in [0.5, 0.6) is 5.75 Å². The summed E-state index contributed by atoms with van der Waals surface area (Å²) in [6.45, 7) is 3.44. The van der Waals surface area contributed by atoms with Gasteiger partial charge in [-0.3, -0.25) is 14.5 Å². The zero-order chi connectivity index (χ0) is 23.4. The minimum Gasteiger partial charge on any atom is -0.406 e. The molecule has 0 unspecified atom stereocenters. The number of alkyl halides is 3. The van der Waals surface area contributed by atoms with Crippen LogP contribution in [0.3, 0.4) is 0 Å². The molecule has 0 radical (unpaired) electrons. The molecule has 3 aliphatic heterocycles. The van der Waals surface area contributed by atoms with Crippen LogP contribution < -0.4 is 15.4 Å². The SMILES string of the molecule is O=C1NC[C@@H](CCC(=O)N2CCCCC2)N2C[C@H](NCc3ccc(OC(F)(F)F)cc3)C[C@H]12. The quantitative estimate of drug-likeness (QED) is 0.643. The van der Waals surface area contributed by atoms with Crippen molar-refractivity contribution in [3.8, 4) is 5.75 Å². The van der Waals surface area contributed by atoms with Gasteiger partial charge in [-0.25, -0.2) is 0 Å². The number of hydrogen-bond donors (Lipinski definition) is 2. The maximum absolute atomic E-state index is 12.6. The van der Waals surface area contributed by atoms with Crippen LogP contribution in [0.1, 0.15) is 44.1 Å². The molecule has 0 spiro atoms. The maximum Gasteiger partial charge on any atom is 0.573 e. The minimum atomic E-state index is -4.70. The fraction of sp³-hybridized carbons (Fsp3) is 0.652. The van der Waals surface area contributed by atoms with E-state index in [0.29, 0.717) is 32.5 Å². The van der Waals surface area contributed by atoms with E-state index in [9.17, 15) is 22.8 Å². The molecule has 33 heavy (non-hydrogen) atoms. The van der Waals surface area contributed by atoms with E-state index < -0.39 is 6.36 Å². The summed E-state index contributed by atoms with van der Waals surface area (Å²) in [6, 6.07) is 5.79. The van der Waals surface area contributed by atoms with Gasteiger partial charge < -0.3 is 20.3 Å². The summed E-state index contributed by atoms with van der Waals surface area (Å²) in [4.78, 5) is 29.1. The van der Waals surface area contributed by atoms with Gasteiger partial charge in [-0.05, 0) is 49.8 Å². The Morgan fingerprint density at radius 1 is 1.15 bits per heavy atom. The van der Waals surface area contributed by atoms with Gasteiger partial charge in [-0.1, -0.05) is 12.1 Å². The summed E-state index contributed by atoms with van der Waals surface area (Å²) in [5, 5.41) is 6.41. The average molecular weight is 469 g/mol. The van der Waals surface area contributed by atoms with E-state index in [1.165, 1.54) is 18.6 Å². The molecule has 4 rings (SSSR count). The first kappa shape index (κ1) is 23.8. The van der Waals surface area contributed by atoms with Gasteiger partial charge in [0.05, 0.1) is 6.04 Å². The lowest BCUT2D eigenvalue weighted by atomic mass is 10.0. The molecule has 3 atom stereocenters. The summed E-state index contributed by atoms with van der Waals surface area (Å²) in [6.07, 6.45) is 0.513. The molecule has 0 bridgehead atoms. The molecule has 3 saturated heterocycles. The predicted octanol–water partition coefficient (Wildman–Crippen LogP) is 2.41. The van der Waals surface area contributed by atoms with E-state index in [-0.39, 0.29) is 35.7 Å². The zero-order valence-corrected chi connectivity index (χ0v) is 18.6. The van der Waals surface area contributed by atoms with Gasteiger partial charge in [0.15, 0.2) is 0 Å². The maximum atomic E-state index is 12.6. The molecule has 1 aromatic carbocycles. The number of likely N-dealkylation sites (tertiary alicyclic amines) is 1. The Morgan fingerprint density at radius 3 is 2.58 bits per heavy atom. The van der Waals surface area contributed by atoms with Gasteiger partial charge in [-0.15, -0.1) is 13.2 Å². The summed E-state index contributed by atoms with van der Waals surface area (Å²) < 4.78 is 40.8. The monoisotopic (exact) mass is 468 g/mol. The fourth-order valence-electron chi connectivity index (χ4n) is 5.05. The Bertz CT molecular complexity index is 827. The van der Waals surface area contributed by atoms with Crippen molar-refractivity contribution in [1.82, 2.24) is 20.4 Å². The molecule has 0 aliphatic carbocycles. The molecule has 10 heteroatoms. The average Bonchev–Trinajstić information content (AvgIpc) is 3.23. The molecule has 2 N–H and O–H groups in total. The first-order valence-electron chi connectivity index (χ1n) is 11.7. The Balaban J connectivity index is 1.27. The lowest BCUT2D eigenvalue weighted by Crippen LogP contribution is -2.58. The highest BCUT2D eigenvalue weighted by Crippen LogP contribution is 2.27. The fourth-order valence-corrected chi connectivity index (χ4v) is 5.05. The summed E-state index contributed by atoms with van der Waals surface area (Å²) in [5.74, 6) is -0.0237. The number of nitrogens with one attached hydrogen (secondary N) is 2. The number of piperazine rings is 1. The topological polar surface area (TPSA) is 73.9 Å². The van der Waals surface area contributed by atoms with E-state index in [0.717, 1.165) is 37.9 Å². The third-order valence-corrected chi connectivity index (χ3v) is 6.77. The number of halogens is 3. The van der Waals surface area contributed by atoms with Gasteiger partial charge in [-0.2, -0.15) is 0 Å². The highest BCUT2D eigenvalue weighted by Gasteiger charge is 2.43. The molecular formula is C23H31F3N4O3. The second-order valence-electron chi connectivity index (χ2n) is 9.10. The molecule has 1 aromatic rings. The van der Waals surface area contributed by atoms with Crippen LogP contribution in [0.2, 0.25) is 0 Å². The number of carbonyl (C=O) groups excluding carboxylic acids is 2. The highest BCUT2D eigenvalue weighted by molar-refractivity contribution is 5.83. The number of nitrogens with zero attached hydrogens (tertiary/aromatic N) is 2. The van der Waals surface area contributed by atoms with Crippen LogP contribution >= 0.6 is 0 Å². The van der Waals surface area contributed by atoms with Crippen molar-refractivity contribution in [3.63, 3.8) is 0 Å². The van der Waals surface area contributed by atoms with Gasteiger partial charge in [0.25, 0.3) is 0 Å². The Morgan fingerprint density at radius 2 is 1.88 bits per heavy atom. The Hall–Kier alpha value is -2.33. The van der Waals surface area contributed by atoms with Crippen molar-refractivity contribution in [1.29, 1.82) is 0 Å².